The lowest BCUT2D eigenvalue weighted by atomic mass is 10.2. The molecule has 1 heterocycles. The summed E-state index contributed by atoms with van der Waals surface area (Å²) < 4.78 is 4.86. The standard InChI is InChI=1S/C14H15N3O3/c1-20-14-15-8-10(9-16-14)6-7-13(19)17-11-4-2-3-5-12(11)18/h2-5,8-9,18H,6-7H2,1H3,(H,17,19). The van der Waals surface area contributed by atoms with E-state index in [1.807, 2.05) is 0 Å². The fourth-order valence-corrected chi connectivity index (χ4v) is 1.63. The number of hydrogen-bond acceptors (Lipinski definition) is 5. The summed E-state index contributed by atoms with van der Waals surface area (Å²) in [6, 6.07) is 6.90. The molecule has 0 atom stereocenters. The highest BCUT2D eigenvalue weighted by molar-refractivity contribution is 5.92. The summed E-state index contributed by atoms with van der Waals surface area (Å²) in [6.07, 6.45) is 4.05. The smallest absolute Gasteiger partial charge is 0.316 e. The van der Waals surface area contributed by atoms with Crippen LogP contribution < -0.4 is 10.1 Å². The van der Waals surface area contributed by atoms with Gasteiger partial charge in [-0.25, -0.2) is 9.97 Å². The number of aryl methyl sites for hydroxylation is 1. The number of carbonyl (C=O) groups excluding carboxylic acids is 1. The first kappa shape index (κ1) is 13.8. The summed E-state index contributed by atoms with van der Waals surface area (Å²) >= 11 is 0. The molecule has 0 aliphatic carbocycles. The van der Waals surface area contributed by atoms with Crippen LogP contribution in [0.2, 0.25) is 0 Å². The van der Waals surface area contributed by atoms with Gasteiger partial charge in [0.1, 0.15) is 5.75 Å². The van der Waals surface area contributed by atoms with Crippen LogP contribution >= 0.6 is 0 Å². The van der Waals surface area contributed by atoms with Crippen molar-refractivity contribution in [3.05, 3.63) is 42.2 Å². The second kappa shape index (κ2) is 6.51. The predicted molar refractivity (Wildman–Crippen MR) is 73.6 cm³/mol. The van der Waals surface area contributed by atoms with E-state index in [2.05, 4.69) is 15.3 Å². The third kappa shape index (κ3) is 3.68. The maximum absolute atomic E-state index is 11.8. The summed E-state index contributed by atoms with van der Waals surface area (Å²) in [6.45, 7) is 0. The van der Waals surface area contributed by atoms with E-state index < -0.39 is 0 Å². The molecule has 1 aromatic carbocycles. The molecule has 0 bridgehead atoms. The monoisotopic (exact) mass is 273 g/mol. The van der Waals surface area contributed by atoms with Crippen molar-refractivity contribution in [1.29, 1.82) is 0 Å². The van der Waals surface area contributed by atoms with Crippen LogP contribution in [0.1, 0.15) is 12.0 Å². The van der Waals surface area contributed by atoms with Crippen LogP contribution in [0.25, 0.3) is 0 Å². The topological polar surface area (TPSA) is 84.3 Å². The minimum atomic E-state index is -0.178. The second-order valence-electron chi connectivity index (χ2n) is 4.14. The van der Waals surface area contributed by atoms with Crippen LogP contribution in [-0.2, 0) is 11.2 Å². The Morgan fingerprint density at radius 3 is 2.65 bits per heavy atom. The molecule has 0 spiro atoms. The van der Waals surface area contributed by atoms with Crippen molar-refractivity contribution in [3.63, 3.8) is 0 Å². The highest BCUT2D eigenvalue weighted by atomic mass is 16.5. The minimum absolute atomic E-state index is 0.0497. The van der Waals surface area contributed by atoms with E-state index in [1.54, 1.807) is 30.6 Å². The van der Waals surface area contributed by atoms with E-state index in [0.29, 0.717) is 18.1 Å². The van der Waals surface area contributed by atoms with Crippen LogP contribution in [-0.4, -0.2) is 28.1 Å². The number of nitrogens with one attached hydrogen (secondary N) is 1. The van der Waals surface area contributed by atoms with Gasteiger partial charge in [-0.2, -0.15) is 0 Å². The van der Waals surface area contributed by atoms with Crippen molar-refractivity contribution in [2.24, 2.45) is 0 Å². The third-order valence-electron chi connectivity index (χ3n) is 2.68. The summed E-state index contributed by atoms with van der Waals surface area (Å²) in [5.74, 6) is -0.129. The molecule has 6 nitrogen and oxygen atoms in total. The van der Waals surface area contributed by atoms with Crippen molar-refractivity contribution in [1.82, 2.24) is 9.97 Å². The summed E-state index contributed by atoms with van der Waals surface area (Å²) in [7, 11) is 1.49. The number of ether oxygens (including phenoxy) is 1. The van der Waals surface area contributed by atoms with Gasteiger partial charge >= 0.3 is 6.01 Å². The third-order valence-corrected chi connectivity index (χ3v) is 2.68. The quantitative estimate of drug-likeness (QED) is 0.811. The molecular weight excluding hydrogens is 258 g/mol. The van der Waals surface area contributed by atoms with Crippen LogP contribution in [0.15, 0.2) is 36.7 Å². The zero-order valence-corrected chi connectivity index (χ0v) is 11.0. The maximum Gasteiger partial charge on any atom is 0.316 e. The van der Waals surface area contributed by atoms with E-state index in [0.717, 1.165) is 5.56 Å². The lowest BCUT2D eigenvalue weighted by Crippen LogP contribution is -2.12. The Bertz CT molecular complexity index is 584. The average molecular weight is 273 g/mol. The number of methoxy groups -OCH3 is 1. The normalized spacial score (nSPS) is 10.1. The Morgan fingerprint density at radius 1 is 1.30 bits per heavy atom. The molecule has 0 unspecified atom stereocenters. The number of phenols is 1. The molecule has 0 saturated carbocycles. The van der Waals surface area contributed by atoms with Crippen LogP contribution in [0, 0.1) is 0 Å². The Kier molecular flexibility index (Phi) is 4.49. The van der Waals surface area contributed by atoms with E-state index in [9.17, 15) is 9.90 Å². The highest BCUT2D eigenvalue weighted by Gasteiger charge is 2.06. The molecule has 104 valence electrons. The van der Waals surface area contributed by atoms with Crippen molar-refractivity contribution in [3.8, 4) is 11.8 Å². The van der Waals surface area contributed by atoms with E-state index in [-0.39, 0.29) is 18.1 Å². The van der Waals surface area contributed by atoms with Crippen LogP contribution in [0.3, 0.4) is 0 Å². The van der Waals surface area contributed by atoms with Gasteiger partial charge in [0.05, 0.1) is 12.8 Å². The van der Waals surface area contributed by atoms with E-state index in [4.69, 9.17) is 4.74 Å². The predicted octanol–water partition coefficient (Wildman–Crippen LogP) is 1.76. The molecule has 0 aliphatic heterocycles. The largest absolute Gasteiger partial charge is 0.506 e. The molecule has 6 heteroatoms. The number of anilines is 1. The lowest BCUT2D eigenvalue weighted by molar-refractivity contribution is -0.116. The number of nitrogens with zero attached hydrogens (tertiary/aromatic N) is 2. The number of carbonyl (C=O) groups is 1. The fourth-order valence-electron chi connectivity index (χ4n) is 1.63. The van der Waals surface area contributed by atoms with Gasteiger partial charge in [-0.1, -0.05) is 12.1 Å². The molecular formula is C14H15N3O3. The van der Waals surface area contributed by atoms with Gasteiger partial charge in [-0.3, -0.25) is 4.79 Å². The number of para-hydroxylation sites is 2. The number of hydrogen-bond donors (Lipinski definition) is 2. The molecule has 2 rings (SSSR count). The van der Waals surface area contributed by atoms with Gasteiger partial charge in [0, 0.05) is 18.8 Å². The van der Waals surface area contributed by atoms with Gasteiger partial charge in [0.25, 0.3) is 0 Å². The van der Waals surface area contributed by atoms with Gasteiger partial charge in [-0.15, -0.1) is 0 Å². The molecule has 0 fully saturated rings. The molecule has 2 aromatic rings. The molecule has 0 saturated heterocycles. The summed E-state index contributed by atoms with van der Waals surface area (Å²) in [4.78, 5) is 19.7. The highest BCUT2D eigenvalue weighted by Crippen LogP contribution is 2.21. The zero-order chi connectivity index (χ0) is 14.4. The Balaban J connectivity index is 1.87. The van der Waals surface area contributed by atoms with Gasteiger partial charge in [-0.05, 0) is 24.1 Å². The Hall–Kier alpha value is -2.63. The Labute approximate surface area is 116 Å². The first-order chi connectivity index (χ1) is 9.69. The van der Waals surface area contributed by atoms with Crippen LogP contribution in [0.5, 0.6) is 11.8 Å². The second-order valence-corrected chi connectivity index (χ2v) is 4.14. The number of benzene rings is 1. The zero-order valence-electron chi connectivity index (χ0n) is 11.0. The van der Waals surface area contributed by atoms with Crippen molar-refractivity contribution in [2.45, 2.75) is 12.8 Å². The number of phenolic OH excluding ortho intramolecular Hbond substituents is 1. The number of aromatic hydroxyl groups is 1. The molecule has 1 aromatic heterocycles. The SMILES string of the molecule is COc1ncc(CCC(=O)Nc2ccccc2O)cn1. The minimum Gasteiger partial charge on any atom is -0.506 e. The summed E-state index contributed by atoms with van der Waals surface area (Å²) in [5.41, 5.74) is 1.25. The van der Waals surface area contributed by atoms with Crippen molar-refractivity contribution in [2.75, 3.05) is 12.4 Å². The molecule has 0 aliphatic rings. The molecule has 20 heavy (non-hydrogen) atoms. The maximum atomic E-state index is 11.8. The molecule has 2 N–H and O–H groups in total. The fraction of sp³-hybridized carbons (Fsp3) is 0.214. The van der Waals surface area contributed by atoms with Gasteiger partial charge in [0.2, 0.25) is 5.91 Å². The van der Waals surface area contributed by atoms with Gasteiger partial charge in [0.15, 0.2) is 0 Å². The van der Waals surface area contributed by atoms with Crippen molar-refractivity contribution >= 4 is 11.6 Å². The Morgan fingerprint density at radius 2 is 2.00 bits per heavy atom. The molecule has 1 amide bonds. The average Bonchev–Trinajstić information content (AvgIpc) is 2.48. The number of aromatic nitrogens is 2. The van der Waals surface area contributed by atoms with E-state index >= 15 is 0 Å². The first-order valence-electron chi connectivity index (χ1n) is 6.12. The van der Waals surface area contributed by atoms with E-state index in [1.165, 1.54) is 13.2 Å². The first-order valence-corrected chi connectivity index (χ1v) is 6.12. The number of amides is 1. The molecule has 0 radical (unpaired) electrons. The van der Waals surface area contributed by atoms with Crippen LogP contribution in [0.4, 0.5) is 5.69 Å². The number of rotatable bonds is 5. The van der Waals surface area contributed by atoms with Crippen molar-refractivity contribution < 1.29 is 14.6 Å². The summed E-state index contributed by atoms with van der Waals surface area (Å²) in [5, 5.41) is 12.2. The lowest BCUT2D eigenvalue weighted by Gasteiger charge is -2.06. The van der Waals surface area contributed by atoms with Gasteiger partial charge < -0.3 is 15.2 Å².